The first-order valence-electron chi connectivity index (χ1n) is 9.16. The number of amides is 2. The number of hydrogen-bond acceptors (Lipinski definition) is 3. The molecule has 29 heavy (non-hydrogen) atoms. The van der Waals surface area contributed by atoms with Crippen LogP contribution >= 0.6 is 11.6 Å². The number of nitrogens with one attached hydrogen (secondary N) is 1. The number of hydrogen-bond donors (Lipinski definition) is 1. The van der Waals surface area contributed by atoms with Crippen LogP contribution in [0.1, 0.15) is 42.7 Å². The van der Waals surface area contributed by atoms with Crippen molar-refractivity contribution in [3.63, 3.8) is 0 Å². The molecular formula is C19H22ClF3N4O2. The molecule has 0 aliphatic heterocycles. The van der Waals surface area contributed by atoms with Crippen LogP contribution in [0, 0.1) is 0 Å². The van der Waals surface area contributed by atoms with Gasteiger partial charge in [-0.2, -0.15) is 18.3 Å². The summed E-state index contributed by atoms with van der Waals surface area (Å²) in [5, 5.41) is 6.76. The van der Waals surface area contributed by atoms with Crippen molar-refractivity contribution >= 4 is 23.4 Å². The van der Waals surface area contributed by atoms with Gasteiger partial charge in [0, 0.05) is 18.1 Å². The molecule has 158 valence electrons. The molecule has 6 nitrogen and oxygen atoms in total. The van der Waals surface area contributed by atoms with Crippen LogP contribution in [-0.4, -0.2) is 46.1 Å². The number of rotatable bonds is 8. The number of benzene rings is 1. The van der Waals surface area contributed by atoms with E-state index in [0.29, 0.717) is 29.1 Å². The van der Waals surface area contributed by atoms with Crippen molar-refractivity contribution in [3.8, 4) is 5.69 Å². The van der Waals surface area contributed by atoms with E-state index in [1.165, 1.54) is 24.3 Å². The molecule has 1 N–H and O–H groups in total. The Morgan fingerprint density at radius 3 is 2.38 bits per heavy atom. The lowest BCUT2D eigenvalue weighted by Crippen LogP contribution is -2.41. The summed E-state index contributed by atoms with van der Waals surface area (Å²) in [7, 11) is 0. The molecule has 0 saturated heterocycles. The number of aromatic nitrogens is 2. The fourth-order valence-electron chi connectivity index (χ4n) is 2.74. The van der Waals surface area contributed by atoms with E-state index in [1.54, 1.807) is 6.92 Å². The minimum absolute atomic E-state index is 0.114. The molecule has 0 aliphatic rings. The summed E-state index contributed by atoms with van der Waals surface area (Å²) in [5.74, 6) is -1.32. The maximum absolute atomic E-state index is 13.8. The summed E-state index contributed by atoms with van der Waals surface area (Å²) >= 11 is 5.79. The van der Waals surface area contributed by atoms with Gasteiger partial charge in [0.05, 0.1) is 24.0 Å². The highest BCUT2D eigenvalue weighted by Gasteiger charge is 2.41. The Morgan fingerprint density at radius 1 is 1.17 bits per heavy atom. The third-order valence-corrected chi connectivity index (χ3v) is 4.28. The standard InChI is InChI=1S/C19H22ClF3N4O2/c1-3-9-24-16(28)12-26(10-4-2)18(29)15-11-25-27(17(15)19(21,22)23)14-7-5-13(20)6-8-14/h5-8,11H,3-4,9-10,12H2,1-2H3,(H,24,28). The lowest BCUT2D eigenvalue weighted by atomic mass is 10.2. The van der Waals surface area contributed by atoms with Gasteiger partial charge in [-0.3, -0.25) is 9.59 Å². The molecule has 0 spiro atoms. The van der Waals surface area contributed by atoms with Crippen molar-refractivity contribution in [1.29, 1.82) is 0 Å². The molecular weight excluding hydrogens is 409 g/mol. The van der Waals surface area contributed by atoms with Gasteiger partial charge < -0.3 is 10.2 Å². The molecule has 1 aromatic carbocycles. The van der Waals surface area contributed by atoms with Gasteiger partial charge in [0.2, 0.25) is 5.91 Å². The second-order valence-electron chi connectivity index (χ2n) is 6.37. The lowest BCUT2D eigenvalue weighted by Gasteiger charge is -2.22. The summed E-state index contributed by atoms with van der Waals surface area (Å²) in [6, 6.07) is 5.62. The first-order chi connectivity index (χ1) is 13.7. The SMILES string of the molecule is CCCNC(=O)CN(CCC)C(=O)c1cnn(-c2ccc(Cl)cc2)c1C(F)(F)F. The second kappa shape index (κ2) is 9.78. The average molecular weight is 431 g/mol. The third-order valence-electron chi connectivity index (χ3n) is 4.03. The Bertz CT molecular complexity index is 850. The highest BCUT2D eigenvalue weighted by atomic mass is 35.5. The summed E-state index contributed by atoms with van der Waals surface area (Å²) in [5.41, 5.74) is -1.69. The van der Waals surface area contributed by atoms with Gasteiger partial charge in [-0.05, 0) is 37.1 Å². The van der Waals surface area contributed by atoms with Crippen LogP contribution in [-0.2, 0) is 11.0 Å². The molecule has 1 aromatic heterocycles. The summed E-state index contributed by atoms with van der Waals surface area (Å²) < 4.78 is 42.1. The molecule has 0 fully saturated rings. The van der Waals surface area contributed by atoms with Crippen LogP contribution in [0.4, 0.5) is 13.2 Å². The highest BCUT2D eigenvalue weighted by Crippen LogP contribution is 2.34. The Morgan fingerprint density at radius 2 is 1.83 bits per heavy atom. The molecule has 0 atom stereocenters. The topological polar surface area (TPSA) is 67.2 Å². The van der Waals surface area contributed by atoms with E-state index < -0.39 is 29.2 Å². The molecule has 0 aliphatic carbocycles. The predicted molar refractivity (Wildman–Crippen MR) is 103 cm³/mol. The van der Waals surface area contributed by atoms with Gasteiger partial charge >= 0.3 is 6.18 Å². The van der Waals surface area contributed by atoms with Crippen molar-refractivity contribution in [2.24, 2.45) is 0 Å². The van der Waals surface area contributed by atoms with Crippen LogP contribution in [0.15, 0.2) is 30.5 Å². The Balaban J connectivity index is 2.42. The van der Waals surface area contributed by atoms with E-state index >= 15 is 0 Å². The van der Waals surface area contributed by atoms with Crippen molar-refractivity contribution < 1.29 is 22.8 Å². The molecule has 0 saturated carbocycles. The number of carbonyl (C=O) groups is 2. The Labute approximate surface area is 171 Å². The Kier molecular flexibility index (Phi) is 7.66. The average Bonchev–Trinajstić information content (AvgIpc) is 3.11. The first kappa shape index (κ1) is 22.7. The minimum atomic E-state index is -4.83. The molecule has 0 bridgehead atoms. The summed E-state index contributed by atoms with van der Waals surface area (Å²) in [6.07, 6.45) is -2.76. The van der Waals surface area contributed by atoms with Gasteiger partial charge in [-0.15, -0.1) is 0 Å². The molecule has 2 amide bonds. The predicted octanol–water partition coefficient (Wildman–Crippen LogP) is 3.92. The monoisotopic (exact) mass is 430 g/mol. The van der Waals surface area contributed by atoms with Gasteiger partial charge in [-0.25, -0.2) is 4.68 Å². The van der Waals surface area contributed by atoms with Crippen LogP contribution < -0.4 is 5.32 Å². The maximum atomic E-state index is 13.8. The summed E-state index contributed by atoms with van der Waals surface area (Å²) in [6.45, 7) is 3.88. The molecule has 0 radical (unpaired) electrons. The molecule has 10 heteroatoms. The van der Waals surface area contributed by atoms with Crippen molar-refractivity contribution in [2.45, 2.75) is 32.9 Å². The van der Waals surface area contributed by atoms with Crippen LogP contribution in [0.2, 0.25) is 5.02 Å². The number of nitrogens with zero attached hydrogens (tertiary/aromatic N) is 3. The largest absolute Gasteiger partial charge is 0.434 e. The van der Waals surface area contributed by atoms with Gasteiger partial charge in [-0.1, -0.05) is 25.4 Å². The zero-order valence-corrected chi connectivity index (χ0v) is 16.8. The van der Waals surface area contributed by atoms with Gasteiger partial charge in [0.25, 0.3) is 5.91 Å². The first-order valence-corrected chi connectivity index (χ1v) is 9.53. The van der Waals surface area contributed by atoms with Crippen molar-refractivity contribution in [2.75, 3.05) is 19.6 Å². The smallest absolute Gasteiger partial charge is 0.355 e. The minimum Gasteiger partial charge on any atom is -0.355 e. The zero-order chi connectivity index (χ0) is 21.6. The van der Waals surface area contributed by atoms with Crippen LogP contribution in [0.25, 0.3) is 5.69 Å². The van der Waals surface area contributed by atoms with E-state index in [0.717, 1.165) is 11.1 Å². The molecule has 2 rings (SSSR count). The Hall–Kier alpha value is -2.55. The molecule has 0 unspecified atom stereocenters. The van der Waals surface area contributed by atoms with Crippen molar-refractivity contribution in [3.05, 3.63) is 46.7 Å². The number of alkyl halides is 3. The number of halogens is 4. The zero-order valence-electron chi connectivity index (χ0n) is 16.1. The van der Waals surface area contributed by atoms with Crippen molar-refractivity contribution in [1.82, 2.24) is 20.0 Å². The second-order valence-corrected chi connectivity index (χ2v) is 6.81. The lowest BCUT2D eigenvalue weighted by molar-refractivity contribution is -0.143. The quantitative estimate of drug-likeness (QED) is 0.690. The van der Waals surface area contributed by atoms with E-state index in [-0.39, 0.29) is 18.8 Å². The summed E-state index contributed by atoms with van der Waals surface area (Å²) in [4.78, 5) is 26.0. The van der Waals surface area contributed by atoms with Crippen LogP contribution in [0.3, 0.4) is 0 Å². The maximum Gasteiger partial charge on any atom is 0.434 e. The van der Waals surface area contributed by atoms with Crippen LogP contribution in [0.5, 0.6) is 0 Å². The third kappa shape index (κ3) is 5.72. The molecule has 2 aromatic rings. The fraction of sp³-hybridized carbons (Fsp3) is 0.421. The fourth-order valence-corrected chi connectivity index (χ4v) is 2.87. The van der Waals surface area contributed by atoms with Gasteiger partial charge in [0.1, 0.15) is 0 Å². The van der Waals surface area contributed by atoms with E-state index in [1.807, 2.05) is 6.92 Å². The molecule has 1 heterocycles. The van der Waals surface area contributed by atoms with Gasteiger partial charge in [0.15, 0.2) is 5.69 Å². The van der Waals surface area contributed by atoms with E-state index in [2.05, 4.69) is 10.4 Å². The normalized spacial score (nSPS) is 11.4. The van der Waals surface area contributed by atoms with E-state index in [9.17, 15) is 22.8 Å². The number of carbonyl (C=O) groups excluding carboxylic acids is 2. The highest BCUT2D eigenvalue weighted by molar-refractivity contribution is 6.30. The van der Waals surface area contributed by atoms with E-state index in [4.69, 9.17) is 11.6 Å².